The smallest absolute Gasteiger partial charge is 0.337 e. The molecule has 2 aromatic carbocycles. The summed E-state index contributed by atoms with van der Waals surface area (Å²) < 4.78 is 10.6. The molecule has 1 fully saturated rings. The lowest BCUT2D eigenvalue weighted by molar-refractivity contribution is 0.0601. The van der Waals surface area contributed by atoms with Gasteiger partial charge in [-0.2, -0.15) is 0 Å². The number of fused-ring (bicyclic) bond motifs is 1. The number of hydrogen-bond acceptors (Lipinski definition) is 8. The third-order valence-electron chi connectivity index (χ3n) is 6.49. The van der Waals surface area contributed by atoms with Crippen LogP contribution in [0.15, 0.2) is 54.7 Å². The predicted octanol–water partition coefficient (Wildman–Crippen LogP) is 3.84. The number of nitrogens with zero attached hydrogens (tertiary/aromatic N) is 4. The van der Waals surface area contributed by atoms with Crippen LogP contribution in [0.2, 0.25) is 0 Å². The molecule has 1 saturated heterocycles. The summed E-state index contributed by atoms with van der Waals surface area (Å²) in [6.45, 7) is 4.09. The number of hydrogen-bond donors (Lipinski definition) is 2. The van der Waals surface area contributed by atoms with Gasteiger partial charge < -0.3 is 29.6 Å². The van der Waals surface area contributed by atoms with Crippen LogP contribution in [0.3, 0.4) is 0 Å². The van der Waals surface area contributed by atoms with Gasteiger partial charge in [-0.25, -0.2) is 14.8 Å². The maximum Gasteiger partial charge on any atom is 0.337 e. The van der Waals surface area contributed by atoms with Crippen molar-refractivity contribution in [3.05, 3.63) is 71.7 Å². The molecule has 0 saturated carbocycles. The topological polar surface area (TPSA) is 95.6 Å². The molecule has 9 heteroatoms. The lowest BCUT2D eigenvalue weighted by atomic mass is 10.1. The standard InChI is InChI=1S/C27H30N6O3/c1-32-11-13-33(14-12-32)21-8-7-18(23(17-21)35-2)16-24-30-22-9-10-28-25(22)26(31-24)29-20-6-4-5-19(15-20)27(34)36-3/h4-10,15,17,28H,11-14,16H2,1-3H3,(H,29,30,31). The second-order valence-corrected chi connectivity index (χ2v) is 8.89. The van der Waals surface area contributed by atoms with Crippen LogP contribution in [-0.4, -0.2) is 73.3 Å². The van der Waals surface area contributed by atoms with Gasteiger partial charge in [0.1, 0.15) is 17.1 Å². The zero-order valence-corrected chi connectivity index (χ0v) is 20.7. The molecule has 1 aliphatic rings. The number of piperazine rings is 1. The third-order valence-corrected chi connectivity index (χ3v) is 6.49. The Bertz CT molecular complexity index is 1380. The van der Waals surface area contributed by atoms with Gasteiger partial charge in [-0.1, -0.05) is 12.1 Å². The number of aromatic amines is 1. The van der Waals surface area contributed by atoms with Gasteiger partial charge in [0.05, 0.1) is 25.3 Å². The number of anilines is 3. The monoisotopic (exact) mass is 486 g/mol. The molecular weight excluding hydrogens is 456 g/mol. The van der Waals surface area contributed by atoms with E-state index in [1.807, 2.05) is 18.3 Å². The zero-order valence-electron chi connectivity index (χ0n) is 20.7. The SMILES string of the molecule is COC(=O)c1cccc(Nc2nc(Cc3ccc(N4CCN(C)CC4)cc3OC)nc3cc[nH]c23)c1. The molecule has 0 amide bonds. The number of aromatic nitrogens is 3. The van der Waals surface area contributed by atoms with Crippen molar-refractivity contribution in [1.82, 2.24) is 19.9 Å². The van der Waals surface area contributed by atoms with E-state index < -0.39 is 0 Å². The lowest BCUT2D eigenvalue weighted by Crippen LogP contribution is -2.44. The first kappa shape index (κ1) is 23.6. The molecule has 4 aromatic rings. The Morgan fingerprint density at radius 2 is 1.89 bits per heavy atom. The molecular formula is C27H30N6O3. The van der Waals surface area contributed by atoms with Gasteiger partial charge in [-0.05, 0) is 37.4 Å². The van der Waals surface area contributed by atoms with Crippen LogP contribution in [0.4, 0.5) is 17.2 Å². The van der Waals surface area contributed by atoms with Crippen LogP contribution in [0.1, 0.15) is 21.7 Å². The zero-order chi connectivity index (χ0) is 25.1. The average Bonchev–Trinajstić information content (AvgIpc) is 3.38. The maximum atomic E-state index is 11.9. The molecule has 0 spiro atoms. The molecule has 0 atom stereocenters. The minimum atomic E-state index is -0.390. The number of likely N-dealkylation sites (N-methyl/N-ethyl adjacent to an activating group) is 1. The minimum Gasteiger partial charge on any atom is -0.496 e. The summed E-state index contributed by atoms with van der Waals surface area (Å²) in [4.78, 5) is 29.5. The first-order chi connectivity index (χ1) is 17.5. The van der Waals surface area contributed by atoms with Crippen LogP contribution in [0, 0.1) is 0 Å². The molecule has 186 valence electrons. The van der Waals surface area contributed by atoms with E-state index in [0.29, 0.717) is 23.6 Å². The second kappa shape index (κ2) is 10.2. The summed E-state index contributed by atoms with van der Waals surface area (Å²) in [7, 11) is 5.22. The average molecular weight is 487 g/mol. The number of esters is 1. The van der Waals surface area contributed by atoms with Gasteiger partial charge in [-0.3, -0.25) is 0 Å². The summed E-state index contributed by atoms with van der Waals surface area (Å²) in [5.41, 5.74) is 4.97. The molecule has 0 bridgehead atoms. The molecule has 3 heterocycles. The quantitative estimate of drug-likeness (QED) is 0.381. The van der Waals surface area contributed by atoms with Crippen LogP contribution < -0.4 is 15.0 Å². The fraction of sp³-hybridized carbons (Fsp3) is 0.296. The van der Waals surface area contributed by atoms with E-state index in [-0.39, 0.29) is 5.97 Å². The van der Waals surface area contributed by atoms with Crippen molar-refractivity contribution in [3.8, 4) is 5.75 Å². The number of ether oxygens (including phenoxy) is 2. The Morgan fingerprint density at radius 1 is 1.06 bits per heavy atom. The normalized spacial score (nSPS) is 14.1. The number of benzene rings is 2. The number of H-pyrrole nitrogens is 1. The Balaban J connectivity index is 1.42. The largest absolute Gasteiger partial charge is 0.496 e. The molecule has 9 nitrogen and oxygen atoms in total. The van der Waals surface area contributed by atoms with Gasteiger partial charge in [0.15, 0.2) is 5.82 Å². The van der Waals surface area contributed by atoms with Gasteiger partial charge in [0, 0.05) is 61.8 Å². The molecule has 0 aliphatic carbocycles. The van der Waals surface area contributed by atoms with Crippen molar-refractivity contribution in [2.45, 2.75) is 6.42 Å². The Kier molecular flexibility index (Phi) is 6.73. The van der Waals surface area contributed by atoms with Crippen molar-refractivity contribution < 1.29 is 14.3 Å². The van der Waals surface area contributed by atoms with Crippen molar-refractivity contribution in [3.63, 3.8) is 0 Å². The summed E-state index contributed by atoms with van der Waals surface area (Å²) in [6.07, 6.45) is 2.36. The number of methoxy groups -OCH3 is 2. The van der Waals surface area contributed by atoms with E-state index in [1.165, 1.54) is 12.8 Å². The van der Waals surface area contributed by atoms with E-state index in [4.69, 9.17) is 19.4 Å². The van der Waals surface area contributed by atoms with Gasteiger partial charge in [0.2, 0.25) is 0 Å². The summed E-state index contributed by atoms with van der Waals surface area (Å²) >= 11 is 0. The Morgan fingerprint density at radius 3 is 2.67 bits per heavy atom. The van der Waals surface area contributed by atoms with Crippen LogP contribution >= 0.6 is 0 Å². The first-order valence-corrected chi connectivity index (χ1v) is 11.9. The molecule has 2 aromatic heterocycles. The van der Waals surface area contributed by atoms with Crippen LogP contribution in [0.5, 0.6) is 5.75 Å². The number of carbonyl (C=O) groups excluding carboxylic acids is 1. The molecule has 5 rings (SSSR count). The lowest BCUT2D eigenvalue weighted by Gasteiger charge is -2.34. The van der Waals surface area contributed by atoms with Crippen LogP contribution in [0.25, 0.3) is 11.0 Å². The highest BCUT2D eigenvalue weighted by molar-refractivity contribution is 5.92. The van der Waals surface area contributed by atoms with E-state index in [0.717, 1.165) is 54.2 Å². The fourth-order valence-corrected chi connectivity index (χ4v) is 4.45. The van der Waals surface area contributed by atoms with Crippen molar-refractivity contribution in [2.24, 2.45) is 0 Å². The van der Waals surface area contributed by atoms with Crippen molar-refractivity contribution in [1.29, 1.82) is 0 Å². The van der Waals surface area contributed by atoms with E-state index in [9.17, 15) is 4.79 Å². The molecule has 2 N–H and O–H groups in total. The van der Waals surface area contributed by atoms with E-state index in [1.54, 1.807) is 25.3 Å². The number of nitrogens with one attached hydrogen (secondary N) is 2. The number of rotatable bonds is 7. The third kappa shape index (κ3) is 4.96. The molecule has 36 heavy (non-hydrogen) atoms. The van der Waals surface area contributed by atoms with Gasteiger partial charge in [-0.15, -0.1) is 0 Å². The number of carbonyl (C=O) groups is 1. The fourth-order valence-electron chi connectivity index (χ4n) is 4.45. The molecule has 0 radical (unpaired) electrons. The Hall–Kier alpha value is -4.11. The summed E-state index contributed by atoms with van der Waals surface area (Å²) in [5.74, 6) is 1.73. The highest BCUT2D eigenvalue weighted by atomic mass is 16.5. The van der Waals surface area contributed by atoms with E-state index >= 15 is 0 Å². The summed E-state index contributed by atoms with van der Waals surface area (Å²) in [5, 5.41) is 3.33. The van der Waals surface area contributed by atoms with Crippen molar-refractivity contribution >= 4 is 34.2 Å². The van der Waals surface area contributed by atoms with Crippen molar-refractivity contribution in [2.75, 3.05) is 57.7 Å². The molecule has 1 aliphatic heterocycles. The predicted molar refractivity (Wildman–Crippen MR) is 140 cm³/mol. The second-order valence-electron chi connectivity index (χ2n) is 8.89. The first-order valence-electron chi connectivity index (χ1n) is 11.9. The molecule has 0 unspecified atom stereocenters. The highest BCUT2D eigenvalue weighted by Crippen LogP contribution is 2.29. The van der Waals surface area contributed by atoms with Gasteiger partial charge in [0.25, 0.3) is 0 Å². The van der Waals surface area contributed by atoms with Crippen LogP contribution in [-0.2, 0) is 11.2 Å². The maximum absolute atomic E-state index is 11.9. The van der Waals surface area contributed by atoms with Gasteiger partial charge >= 0.3 is 5.97 Å². The minimum absolute atomic E-state index is 0.390. The Labute approximate surface area is 210 Å². The summed E-state index contributed by atoms with van der Waals surface area (Å²) in [6, 6.07) is 15.4. The highest BCUT2D eigenvalue weighted by Gasteiger charge is 2.17. The van der Waals surface area contributed by atoms with E-state index in [2.05, 4.69) is 45.3 Å².